The average molecular weight is 376 g/mol. The zero-order valence-electron chi connectivity index (χ0n) is 17.7. The minimum absolute atomic E-state index is 0.0219. The highest BCUT2D eigenvalue weighted by molar-refractivity contribution is 5.93. The molecule has 27 heavy (non-hydrogen) atoms. The van der Waals surface area contributed by atoms with Crippen LogP contribution in [0.25, 0.3) is 0 Å². The fourth-order valence-electron chi connectivity index (χ4n) is 2.72. The molecule has 1 amide bonds. The SMILES string of the molecule is CN=C(NCCCCCCCN(C)C)NCc1ccc(C(=O)N(C)C)cc1. The van der Waals surface area contributed by atoms with E-state index < -0.39 is 0 Å². The highest BCUT2D eigenvalue weighted by Gasteiger charge is 2.07. The lowest BCUT2D eigenvalue weighted by atomic mass is 10.1. The monoisotopic (exact) mass is 375 g/mol. The largest absolute Gasteiger partial charge is 0.356 e. The standard InChI is InChI=1S/C21H37N5O/c1-22-21(23-15-9-7-6-8-10-16-25(2)3)24-17-18-11-13-19(14-12-18)20(27)26(4)5/h11-14H,6-10,15-17H2,1-5H3,(H2,22,23,24). The van der Waals surface area contributed by atoms with E-state index in [0.29, 0.717) is 12.1 Å². The van der Waals surface area contributed by atoms with Gasteiger partial charge in [-0.2, -0.15) is 0 Å². The van der Waals surface area contributed by atoms with Crippen LogP contribution in [0.2, 0.25) is 0 Å². The molecular weight excluding hydrogens is 338 g/mol. The number of hydrogen-bond acceptors (Lipinski definition) is 3. The maximum atomic E-state index is 11.9. The van der Waals surface area contributed by atoms with Crippen molar-refractivity contribution in [2.24, 2.45) is 4.99 Å². The fraction of sp³-hybridized carbons (Fsp3) is 0.619. The topological polar surface area (TPSA) is 60.0 Å². The van der Waals surface area contributed by atoms with Gasteiger partial charge in [0.15, 0.2) is 5.96 Å². The van der Waals surface area contributed by atoms with Crippen molar-refractivity contribution in [3.05, 3.63) is 35.4 Å². The minimum Gasteiger partial charge on any atom is -0.356 e. The number of benzene rings is 1. The van der Waals surface area contributed by atoms with E-state index in [1.54, 1.807) is 26.0 Å². The summed E-state index contributed by atoms with van der Waals surface area (Å²) in [6.45, 7) is 2.80. The lowest BCUT2D eigenvalue weighted by molar-refractivity contribution is 0.0827. The third-order valence-electron chi connectivity index (χ3n) is 4.37. The molecule has 0 heterocycles. The van der Waals surface area contributed by atoms with Crippen LogP contribution in [0.5, 0.6) is 0 Å². The molecule has 0 saturated heterocycles. The van der Waals surface area contributed by atoms with Crippen molar-refractivity contribution in [2.45, 2.75) is 38.6 Å². The van der Waals surface area contributed by atoms with E-state index in [1.165, 1.54) is 32.2 Å². The molecule has 1 rings (SSSR count). The van der Waals surface area contributed by atoms with Gasteiger partial charge in [0, 0.05) is 39.8 Å². The average Bonchev–Trinajstić information content (AvgIpc) is 2.65. The number of carbonyl (C=O) groups is 1. The van der Waals surface area contributed by atoms with Crippen LogP contribution in [0.3, 0.4) is 0 Å². The zero-order chi connectivity index (χ0) is 20.1. The molecule has 0 unspecified atom stereocenters. The van der Waals surface area contributed by atoms with Crippen molar-refractivity contribution >= 4 is 11.9 Å². The second-order valence-electron chi connectivity index (χ2n) is 7.32. The summed E-state index contributed by atoms with van der Waals surface area (Å²) in [6.07, 6.45) is 6.28. The first-order valence-corrected chi connectivity index (χ1v) is 9.84. The first kappa shape index (κ1) is 23.0. The van der Waals surface area contributed by atoms with Gasteiger partial charge in [-0.15, -0.1) is 0 Å². The Morgan fingerprint density at radius 1 is 0.926 bits per heavy atom. The van der Waals surface area contributed by atoms with Crippen LogP contribution in [-0.2, 0) is 6.54 Å². The molecule has 0 fully saturated rings. The van der Waals surface area contributed by atoms with Gasteiger partial charge in [-0.1, -0.05) is 31.4 Å². The summed E-state index contributed by atoms with van der Waals surface area (Å²) in [6, 6.07) is 7.69. The molecule has 0 aliphatic heterocycles. The van der Waals surface area contributed by atoms with E-state index >= 15 is 0 Å². The van der Waals surface area contributed by atoms with Crippen LogP contribution < -0.4 is 10.6 Å². The van der Waals surface area contributed by atoms with Gasteiger partial charge in [0.1, 0.15) is 0 Å². The molecular formula is C21H37N5O. The summed E-state index contributed by atoms with van der Waals surface area (Å²) in [5.74, 6) is 0.838. The van der Waals surface area contributed by atoms with Gasteiger partial charge >= 0.3 is 0 Å². The van der Waals surface area contributed by atoms with Crippen molar-refractivity contribution in [1.82, 2.24) is 20.4 Å². The lowest BCUT2D eigenvalue weighted by Gasteiger charge is -2.13. The van der Waals surface area contributed by atoms with Gasteiger partial charge in [0.2, 0.25) is 0 Å². The van der Waals surface area contributed by atoms with Crippen molar-refractivity contribution in [1.29, 1.82) is 0 Å². The molecule has 152 valence electrons. The molecule has 0 spiro atoms. The van der Waals surface area contributed by atoms with E-state index in [2.05, 4.69) is 34.6 Å². The summed E-state index contributed by atoms with van der Waals surface area (Å²) >= 11 is 0. The number of nitrogens with one attached hydrogen (secondary N) is 2. The number of nitrogens with zero attached hydrogens (tertiary/aromatic N) is 3. The maximum Gasteiger partial charge on any atom is 0.253 e. The van der Waals surface area contributed by atoms with Crippen LogP contribution in [-0.4, -0.2) is 70.0 Å². The highest BCUT2D eigenvalue weighted by Crippen LogP contribution is 2.06. The number of carbonyl (C=O) groups excluding carboxylic acids is 1. The Kier molecular flexibility index (Phi) is 11.2. The molecule has 2 N–H and O–H groups in total. The number of hydrogen-bond donors (Lipinski definition) is 2. The normalized spacial score (nSPS) is 11.6. The second-order valence-corrected chi connectivity index (χ2v) is 7.32. The number of amides is 1. The van der Waals surface area contributed by atoms with Crippen molar-refractivity contribution in [3.8, 4) is 0 Å². The lowest BCUT2D eigenvalue weighted by Crippen LogP contribution is -2.37. The van der Waals surface area contributed by atoms with Gasteiger partial charge in [-0.25, -0.2) is 0 Å². The molecule has 0 aliphatic rings. The van der Waals surface area contributed by atoms with Gasteiger partial charge in [0.25, 0.3) is 5.91 Å². The number of unbranched alkanes of at least 4 members (excludes halogenated alkanes) is 4. The Balaban J connectivity index is 2.22. The van der Waals surface area contributed by atoms with Gasteiger partial charge in [-0.05, 0) is 51.2 Å². The molecule has 0 radical (unpaired) electrons. The van der Waals surface area contributed by atoms with Gasteiger partial charge in [-0.3, -0.25) is 9.79 Å². The Morgan fingerprint density at radius 3 is 2.15 bits per heavy atom. The maximum absolute atomic E-state index is 11.9. The molecule has 1 aromatic carbocycles. The first-order valence-electron chi connectivity index (χ1n) is 9.84. The van der Waals surface area contributed by atoms with Crippen molar-refractivity contribution < 1.29 is 4.79 Å². The van der Waals surface area contributed by atoms with E-state index in [1.807, 2.05) is 24.3 Å². The predicted octanol–water partition coefficient (Wildman–Crippen LogP) is 2.57. The van der Waals surface area contributed by atoms with E-state index in [9.17, 15) is 4.79 Å². The van der Waals surface area contributed by atoms with Crippen LogP contribution >= 0.6 is 0 Å². The number of rotatable bonds is 11. The van der Waals surface area contributed by atoms with E-state index in [4.69, 9.17) is 0 Å². The summed E-state index contributed by atoms with van der Waals surface area (Å²) in [5.41, 5.74) is 1.82. The molecule has 0 aromatic heterocycles. The fourth-order valence-corrected chi connectivity index (χ4v) is 2.72. The van der Waals surface area contributed by atoms with Gasteiger partial charge < -0.3 is 20.4 Å². The molecule has 0 atom stereocenters. The quantitative estimate of drug-likeness (QED) is 0.355. The van der Waals surface area contributed by atoms with Crippen LogP contribution in [0.15, 0.2) is 29.3 Å². The van der Waals surface area contributed by atoms with E-state index in [0.717, 1.165) is 24.5 Å². The predicted molar refractivity (Wildman–Crippen MR) is 114 cm³/mol. The Labute approximate surface area is 165 Å². The van der Waals surface area contributed by atoms with Crippen molar-refractivity contribution in [3.63, 3.8) is 0 Å². The molecule has 0 bridgehead atoms. The molecule has 6 nitrogen and oxygen atoms in total. The van der Waals surface area contributed by atoms with Crippen LogP contribution in [0, 0.1) is 0 Å². The molecule has 0 saturated carbocycles. The summed E-state index contributed by atoms with van der Waals surface area (Å²) in [7, 11) is 9.56. The van der Waals surface area contributed by atoms with E-state index in [-0.39, 0.29) is 5.91 Å². The molecule has 1 aromatic rings. The van der Waals surface area contributed by atoms with Crippen LogP contribution in [0.1, 0.15) is 48.0 Å². The summed E-state index contributed by atoms with van der Waals surface area (Å²) in [4.78, 5) is 20.0. The summed E-state index contributed by atoms with van der Waals surface area (Å²) in [5, 5.41) is 6.68. The molecule has 6 heteroatoms. The smallest absolute Gasteiger partial charge is 0.253 e. The first-order chi connectivity index (χ1) is 12.9. The zero-order valence-corrected chi connectivity index (χ0v) is 17.7. The number of aliphatic imine (C=N–C) groups is 1. The van der Waals surface area contributed by atoms with Crippen molar-refractivity contribution in [2.75, 3.05) is 48.3 Å². The second kappa shape index (κ2) is 13.1. The highest BCUT2D eigenvalue weighted by atomic mass is 16.2. The number of guanidine groups is 1. The minimum atomic E-state index is 0.0219. The summed E-state index contributed by atoms with van der Waals surface area (Å²) < 4.78 is 0. The van der Waals surface area contributed by atoms with Crippen LogP contribution in [0.4, 0.5) is 0 Å². The third-order valence-corrected chi connectivity index (χ3v) is 4.37. The Morgan fingerprint density at radius 2 is 1.56 bits per heavy atom. The molecule has 0 aliphatic carbocycles. The van der Waals surface area contributed by atoms with Gasteiger partial charge in [0.05, 0.1) is 0 Å². The Hall–Kier alpha value is -2.08. The Bertz CT molecular complexity index is 566. The third kappa shape index (κ3) is 9.99.